The smallest absolute Gasteiger partial charge is 0.0636 e. The highest BCUT2D eigenvalue weighted by Crippen LogP contribution is 2.27. The largest absolute Gasteiger partial charge is 0.252 e. The lowest BCUT2D eigenvalue weighted by molar-refractivity contribution is 0.533. The molecule has 0 atom stereocenters. The highest BCUT2D eigenvalue weighted by molar-refractivity contribution is 6.43. The molecule has 0 N–H and O–H groups in total. The number of aryl methyl sites for hydroxylation is 4. The average Bonchev–Trinajstić information content (AvgIpc) is 3.23. The fraction of sp³-hybridized carbons (Fsp3) is 0.745. The lowest BCUT2D eigenvalue weighted by atomic mass is 9.96. The number of benzene rings is 2. The van der Waals surface area contributed by atoms with Crippen LogP contribution in [-0.2, 0) is 25.7 Å². The van der Waals surface area contributed by atoms with E-state index in [2.05, 4.69) is 77.9 Å². The molecule has 2 nitrogen and oxygen atoms in total. The third-order valence-corrected chi connectivity index (χ3v) is 12.2. The molecule has 0 unspecified atom stereocenters. The maximum Gasteiger partial charge on any atom is 0.0636 e. The molecule has 0 saturated heterocycles. The first kappa shape index (κ1) is 50.9. The van der Waals surface area contributed by atoms with E-state index in [1.807, 2.05) is 0 Å². The van der Waals surface area contributed by atoms with Crippen molar-refractivity contribution in [2.75, 3.05) is 0 Å². The van der Waals surface area contributed by atoms with Gasteiger partial charge >= 0.3 is 0 Å². The Morgan fingerprint density at radius 3 is 0.860 bits per heavy atom. The Morgan fingerprint density at radius 2 is 0.561 bits per heavy atom. The van der Waals surface area contributed by atoms with Crippen molar-refractivity contribution in [1.82, 2.24) is 0 Å². The number of rotatable bonds is 38. The lowest BCUT2D eigenvalue weighted by Gasteiger charge is -2.15. The van der Waals surface area contributed by atoms with E-state index in [9.17, 15) is 0 Å². The van der Waals surface area contributed by atoms with E-state index in [1.165, 1.54) is 233 Å². The van der Waals surface area contributed by atoms with Gasteiger partial charge in [0.2, 0.25) is 0 Å². The van der Waals surface area contributed by atoms with Crippen molar-refractivity contribution in [3.63, 3.8) is 0 Å². The summed E-state index contributed by atoms with van der Waals surface area (Å²) in [6.45, 7) is 13.9. The third-order valence-electron chi connectivity index (χ3n) is 12.2. The van der Waals surface area contributed by atoms with Crippen molar-refractivity contribution < 1.29 is 0 Å². The van der Waals surface area contributed by atoms with Crippen LogP contribution in [0.1, 0.15) is 263 Å². The van der Waals surface area contributed by atoms with Crippen molar-refractivity contribution in [2.24, 2.45) is 9.98 Å². The summed E-state index contributed by atoms with van der Waals surface area (Å²) in [5.74, 6) is 0. The van der Waals surface area contributed by atoms with Gasteiger partial charge in [-0.2, -0.15) is 0 Å². The van der Waals surface area contributed by atoms with Crippen molar-refractivity contribution in [3.8, 4) is 0 Å². The zero-order valence-electron chi connectivity index (χ0n) is 39.1. The Balaban J connectivity index is 2.30. The third kappa shape index (κ3) is 24.5. The molecule has 0 aliphatic rings. The van der Waals surface area contributed by atoms with Crippen LogP contribution < -0.4 is 0 Å². The van der Waals surface area contributed by atoms with Crippen LogP contribution in [-0.4, -0.2) is 11.4 Å². The second-order valence-corrected chi connectivity index (χ2v) is 17.7. The van der Waals surface area contributed by atoms with Crippen LogP contribution in [0.15, 0.2) is 46.4 Å². The van der Waals surface area contributed by atoms with Crippen molar-refractivity contribution in [1.29, 1.82) is 0 Å². The van der Waals surface area contributed by atoms with Crippen LogP contribution in [0.4, 0.5) is 11.4 Å². The van der Waals surface area contributed by atoms with Gasteiger partial charge < -0.3 is 0 Å². The Labute approximate surface area is 356 Å². The lowest BCUT2D eigenvalue weighted by Crippen LogP contribution is -2.15. The first-order valence-corrected chi connectivity index (χ1v) is 25.5. The molecule has 0 aliphatic carbocycles. The van der Waals surface area contributed by atoms with Crippen molar-refractivity contribution in [3.05, 3.63) is 58.7 Å². The zero-order chi connectivity index (χ0) is 41.0. The van der Waals surface area contributed by atoms with Gasteiger partial charge in [-0.15, -0.1) is 0 Å². The van der Waals surface area contributed by atoms with Gasteiger partial charge in [0, 0.05) is 0 Å². The minimum Gasteiger partial charge on any atom is -0.252 e. The summed E-state index contributed by atoms with van der Waals surface area (Å²) < 4.78 is 0. The van der Waals surface area contributed by atoms with Crippen LogP contribution in [0, 0.1) is 0 Å². The first-order chi connectivity index (χ1) is 28.1. The maximum absolute atomic E-state index is 5.59. The standard InChI is InChI=1S/C55H94N2/c1-7-13-19-21-23-24-25-26-27-28-29-30-31-33-35-41-55(57-53-45-43-49(37-16-10-4)51(47-53)39-18-12-6)54(40-34-32-22-20-14-8-2)56-52-44-42-48(36-15-9-3)50(46-52)38-17-11-5/h42-47H,7-41H2,1-6H3. The Kier molecular flexibility index (Phi) is 31.9. The second-order valence-electron chi connectivity index (χ2n) is 17.7. The number of unbranched alkanes of at least 4 members (excludes halogenated alkanes) is 23. The molecule has 324 valence electrons. The number of aliphatic imine (C=N–C) groups is 2. The number of hydrogen-bond donors (Lipinski definition) is 0. The van der Waals surface area contributed by atoms with Crippen molar-refractivity contribution in [2.45, 2.75) is 266 Å². The summed E-state index contributed by atoms with van der Waals surface area (Å²) in [4.78, 5) is 11.2. The Hall–Kier alpha value is -2.22. The zero-order valence-corrected chi connectivity index (χ0v) is 39.1. The average molecular weight is 783 g/mol. The summed E-state index contributed by atoms with van der Waals surface area (Å²) in [7, 11) is 0. The highest BCUT2D eigenvalue weighted by Gasteiger charge is 2.14. The predicted molar refractivity (Wildman–Crippen MR) is 259 cm³/mol. The van der Waals surface area contributed by atoms with Crippen LogP contribution in [0.3, 0.4) is 0 Å². The van der Waals surface area contributed by atoms with E-state index in [-0.39, 0.29) is 0 Å². The van der Waals surface area contributed by atoms with Crippen LogP contribution >= 0.6 is 0 Å². The van der Waals surface area contributed by atoms with Gasteiger partial charge in [-0.1, -0.05) is 201 Å². The quantitative estimate of drug-likeness (QED) is 0.0479. The monoisotopic (exact) mass is 783 g/mol. The van der Waals surface area contributed by atoms with Crippen LogP contribution in [0.5, 0.6) is 0 Å². The molecule has 57 heavy (non-hydrogen) atoms. The molecule has 0 radical (unpaired) electrons. The minimum atomic E-state index is 1.03. The van der Waals surface area contributed by atoms with E-state index in [0.717, 1.165) is 37.1 Å². The van der Waals surface area contributed by atoms with E-state index in [0.29, 0.717) is 0 Å². The maximum atomic E-state index is 5.59. The molecule has 0 heterocycles. The molecule has 2 aromatic rings. The fourth-order valence-electron chi connectivity index (χ4n) is 8.36. The number of hydrogen-bond acceptors (Lipinski definition) is 2. The Bertz CT molecular complexity index is 1300. The summed E-state index contributed by atoms with van der Waals surface area (Å²) >= 11 is 0. The summed E-state index contributed by atoms with van der Waals surface area (Å²) in [5, 5.41) is 0. The van der Waals surface area contributed by atoms with E-state index in [1.54, 1.807) is 0 Å². The highest BCUT2D eigenvalue weighted by atomic mass is 14.8. The van der Waals surface area contributed by atoms with Gasteiger partial charge in [0.25, 0.3) is 0 Å². The van der Waals surface area contributed by atoms with E-state index in [4.69, 9.17) is 9.98 Å². The molecule has 0 aromatic heterocycles. The molecule has 2 heteroatoms. The van der Waals surface area contributed by atoms with E-state index < -0.39 is 0 Å². The van der Waals surface area contributed by atoms with Gasteiger partial charge in [0.15, 0.2) is 0 Å². The molecule has 0 amide bonds. The van der Waals surface area contributed by atoms with Gasteiger partial charge in [-0.05, 0) is 124 Å². The molecule has 2 aromatic carbocycles. The molecule has 2 rings (SSSR count). The van der Waals surface area contributed by atoms with E-state index >= 15 is 0 Å². The molecule has 0 spiro atoms. The minimum absolute atomic E-state index is 1.03. The summed E-state index contributed by atoms with van der Waals surface area (Å²) in [6.07, 6.45) is 45.5. The van der Waals surface area contributed by atoms with Crippen molar-refractivity contribution >= 4 is 22.8 Å². The first-order valence-electron chi connectivity index (χ1n) is 25.5. The molecular weight excluding hydrogens is 689 g/mol. The van der Waals surface area contributed by atoms with Gasteiger partial charge in [0.05, 0.1) is 22.8 Å². The predicted octanol–water partition coefficient (Wildman–Crippen LogP) is 18.9. The Morgan fingerprint density at radius 1 is 0.298 bits per heavy atom. The topological polar surface area (TPSA) is 24.7 Å². The fourth-order valence-corrected chi connectivity index (χ4v) is 8.36. The molecule has 0 saturated carbocycles. The van der Waals surface area contributed by atoms with Gasteiger partial charge in [-0.25, -0.2) is 0 Å². The SMILES string of the molecule is CCCCCCCCCCCCCCCCCC(=Nc1ccc(CCCC)c(CCCC)c1)C(CCCCCCCC)=Nc1ccc(CCCC)c(CCCC)c1. The van der Waals surface area contributed by atoms with Gasteiger partial charge in [0.1, 0.15) is 0 Å². The second kappa shape index (κ2) is 35.7. The normalized spacial score (nSPS) is 12.2. The molecule has 0 fully saturated rings. The summed E-state index contributed by atoms with van der Waals surface area (Å²) in [5.41, 5.74) is 10.9. The number of nitrogens with zero attached hydrogens (tertiary/aromatic N) is 2. The molecular formula is C55H94N2. The molecule has 0 aliphatic heterocycles. The summed E-state index contributed by atoms with van der Waals surface area (Å²) in [6, 6.07) is 14.3. The van der Waals surface area contributed by atoms with Crippen LogP contribution in [0.25, 0.3) is 0 Å². The van der Waals surface area contributed by atoms with Crippen LogP contribution in [0.2, 0.25) is 0 Å². The van der Waals surface area contributed by atoms with Gasteiger partial charge in [-0.3, -0.25) is 9.98 Å². The molecule has 0 bridgehead atoms.